The number of benzene rings is 1. The summed E-state index contributed by atoms with van der Waals surface area (Å²) >= 11 is 0. The fourth-order valence-corrected chi connectivity index (χ4v) is 1.99. The Morgan fingerprint density at radius 1 is 1.15 bits per heavy atom. The Balaban J connectivity index is 2.44. The minimum absolute atomic E-state index is 0.000807. The van der Waals surface area contributed by atoms with E-state index in [4.69, 9.17) is 0 Å². The van der Waals surface area contributed by atoms with Gasteiger partial charge in [-0.05, 0) is 18.4 Å². The first-order valence-electron chi connectivity index (χ1n) is 6.83. The third-order valence-electron chi connectivity index (χ3n) is 3.54. The second-order valence-electron chi connectivity index (χ2n) is 4.71. The van der Waals surface area contributed by atoms with Gasteiger partial charge in [0.05, 0.1) is 6.54 Å². The molecule has 0 radical (unpaired) electrons. The fourth-order valence-electron chi connectivity index (χ4n) is 1.99. The largest absolute Gasteiger partial charge is 0.480 e. The lowest BCUT2D eigenvalue weighted by molar-refractivity contribution is -0.145. The number of amides is 1. The van der Waals surface area contributed by atoms with E-state index >= 15 is 0 Å². The van der Waals surface area contributed by atoms with E-state index in [1.54, 1.807) is 13.8 Å². The third-order valence-corrected chi connectivity index (χ3v) is 3.54. The van der Waals surface area contributed by atoms with Crippen LogP contribution in [0.1, 0.15) is 32.3 Å². The molecule has 3 N–H and O–H groups in total. The molecule has 5 nitrogen and oxygen atoms in total. The molecule has 0 aliphatic heterocycles. The first-order chi connectivity index (χ1) is 9.54. The van der Waals surface area contributed by atoms with E-state index in [2.05, 4.69) is 10.6 Å². The molecule has 0 fully saturated rings. The van der Waals surface area contributed by atoms with Crippen LogP contribution < -0.4 is 10.6 Å². The van der Waals surface area contributed by atoms with Gasteiger partial charge in [-0.1, -0.05) is 44.2 Å². The summed E-state index contributed by atoms with van der Waals surface area (Å²) in [5.74, 6) is -1.13. The maximum Gasteiger partial charge on any atom is 0.323 e. The van der Waals surface area contributed by atoms with Crippen LogP contribution in [0.5, 0.6) is 0 Å². The second-order valence-corrected chi connectivity index (χ2v) is 4.71. The van der Waals surface area contributed by atoms with Gasteiger partial charge in [0.25, 0.3) is 0 Å². The van der Waals surface area contributed by atoms with Crippen LogP contribution in [0.4, 0.5) is 0 Å². The molecule has 0 bridgehead atoms. The van der Waals surface area contributed by atoms with Gasteiger partial charge in [0.1, 0.15) is 5.54 Å². The van der Waals surface area contributed by atoms with Crippen molar-refractivity contribution in [2.45, 2.75) is 38.8 Å². The minimum atomic E-state index is -1.02. The molecule has 0 aliphatic carbocycles. The molecule has 0 aromatic heterocycles. The predicted molar refractivity (Wildman–Crippen MR) is 77.2 cm³/mol. The van der Waals surface area contributed by atoms with Gasteiger partial charge in [-0.25, -0.2) is 0 Å². The molecule has 0 heterocycles. The predicted octanol–water partition coefficient (Wildman–Crippen LogP) is 1.54. The van der Waals surface area contributed by atoms with Crippen molar-refractivity contribution in [3.63, 3.8) is 0 Å². The zero-order valence-corrected chi connectivity index (χ0v) is 12.0. The molecule has 0 saturated heterocycles. The lowest BCUT2D eigenvalue weighted by Crippen LogP contribution is -2.54. The lowest BCUT2D eigenvalue weighted by atomic mass is 9.93. The van der Waals surface area contributed by atoms with Gasteiger partial charge in [0.2, 0.25) is 5.91 Å². The Bertz CT molecular complexity index is 442. The van der Waals surface area contributed by atoms with Gasteiger partial charge < -0.3 is 10.4 Å². The van der Waals surface area contributed by atoms with Gasteiger partial charge >= 0.3 is 5.97 Å². The number of hydrogen-bond donors (Lipinski definition) is 3. The summed E-state index contributed by atoms with van der Waals surface area (Å²) in [6.07, 6.45) is 0.871. The maximum absolute atomic E-state index is 11.8. The van der Waals surface area contributed by atoms with Gasteiger partial charge in [-0.2, -0.15) is 0 Å². The third kappa shape index (κ3) is 4.35. The normalized spacial score (nSPS) is 11.1. The molecule has 0 atom stereocenters. The summed E-state index contributed by atoms with van der Waals surface area (Å²) < 4.78 is 0. The summed E-state index contributed by atoms with van der Waals surface area (Å²) in [7, 11) is 0. The van der Waals surface area contributed by atoms with Crippen molar-refractivity contribution >= 4 is 11.9 Å². The van der Waals surface area contributed by atoms with Crippen molar-refractivity contribution in [1.82, 2.24) is 10.6 Å². The highest BCUT2D eigenvalue weighted by Crippen LogP contribution is 2.14. The van der Waals surface area contributed by atoms with Crippen molar-refractivity contribution in [2.75, 3.05) is 6.54 Å². The van der Waals surface area contributed by atoms with Crippen LogP contribution >= 0.6 is 0 Å². The van der Waals surface area contributed by atoms with Gasteiger partial charge in [0, 0.05) is 6.54 Å². The molecule has 1 amide bonds. The van der Waals surface area contributed by atoms with Crippen molar-refractivity contribution in [2.24, 2.45) is 0 Å². The van der Waals surface area contributed by atoms with E-state index in [1.165, 1.54) is 0 Å². The highest BCUT2D eigenvalue weighted by molar-refractivity contribution is 5.82. The smallest absolute Gasteiger partial charge is 0.323 e. The molecule has 0 spiro atoms. The number of carbonyl (C=O) groups is 2. The molecule has 0 unspecified atom stereocenters. The van der Waals surface area contributed by atoms with Crippen LogP contribution in [0.15, 0.2) is 30.3 Å². The number of nitrogens with one attached hydrogen (secondary N) is 2. The van der Waals surface area contributed by atoms with Crippen LogP contribution in [0.25, 0.3) is 0 Å². The fraction of sp³-hybridized carbons (Fsp3) is 0.467. The van der Waals surface area contributed by atoms with E-state index in [9.17, 15) is 14.7 Å². The van der Waals surface area contributed by atoms with Crippen LogP contribution in [0.3, 0.4) is 0 Å². The summed E-state index contributed by atoms with van der Waals surface area (Å²) in [5.41, 5.74) is -0.0132. The molecule has 20 heavy (non-hydrogen) atoms. The number of hydrogen-bond acceptors (Lipinski definition) is 3. The second kappa shape index (κ2) is 7.65. The van der Waals surface area contributed by atoms with E-state index in [0.717, 1.165) is 5.56 Å². The zero-order chi connectivity index (χ0) is 15.0. The van der Waals surface area contributed by atoms with Gasteiger partial charge in [0.15, 0.2) is 0 Å². The molecule has 0 aliphatic rings. The van der Waals surface area contributed by atoms with E-state index in [1.807, 2.05) is 30.3 Å². The maximum atomic E-state index is 11.8. The lowest BCUT2D eigenvalue weighted by Gasteiger charge is -2.27. The molecule has 1 aromatic carbocycles. The average molecular weight is 278 g/mol. The standard InChI is InChI=1S/C15H22N2O3/c1-3-15(4-2,14(19)20)17-11-13(18)16-10-12-8-6-5-7-9-12/h5-9,17H,3-4,10-11H2,1-2H3,(H,16,18)(H,19,20). The number of carboxylic acids is 1. The first kappa shape index (κ1) is 16.2. The van der Waals surface area contributed by atoms with Crippen LogP contribution in [-0.4, -0.2) is 29.1 Å². The number of carboxylic acid groups (broad SMARTS) is 1. The Labute approximate surface area is 119 Å². The number of rotatable bonds is 8. The summed E-state index contributed by atoms with van der Waals surface area (Å²) in [6.45, 7) is 4.04. The summed E-state index contributed by atoms with van der Waals surface area (Å²) in [4.78, 5) is 23.0. The molecule has 0 saturated carbocycles. The molecule has 110 valence electrons. The molecular formula is C15H22N2O3. The number of carbonyl (C=O) groups excluding carboxylic acids is 1. The van der Waals surface area contributed by atoms with Crippen molar-refractivity contribution in [3.8, 4) is 0 Å². The summed E-state index contributed by atoms with van der Waals surface area (Å²) in [5, 5.41) is 14.9. The van der Waals surface area contributed by atoms with E-state index < -0.39 is 11.5 Å². The zero-order valence-electron chi connectivity index (χ0n) is 12.0. The molecule has 1 rings (SSSR count). The SMILES string of the molecule is CCC(CC)(NCC(=O)NCc1ccccc1)C(=O)O. The van der Waals surface area contributed by atoms with Crippen LogP contribution in [-0.2, 0) is 16.1 Å². The van der Waals surface area contributed by atoms with Gasteiger partial charge in [-0.3, -0.25) is 14.9 Å². The Morgan fingerprint density at radius 3 is 2.25 bits per heavy atom. The van der Waals surface area contributed by atoms with Crippen LogP contribution in [0, 0.1) is 0 Å². The molecule has 1 aromatic rings. The Kier molecular flexibility index (Phi) is 6.18. The first-order valence-corrected chi connectivity index (χ1v) is 6.83. The average Bonchev–Trinajstić information content (AvgIpc) is 2.47. The van der Waals surface area contributed by atoms with E-state index in [-0.39, 0.29) is 12.5 Å². The topological polar surface area (TPSA) is 78.4 Å². The van der Waals surface area contributed by atoms with Crippen molar-refractivity contribution in [1.29, 1.82) is 0 Å². The molecule has 5 heteroatoms. The highest BCUT2D eigenvalue weighted by Gasteiger charge is 2.34. The van der Waals surface area contributed by atoms with Crippen molar-refractivity contribution in [3.05, 3.63) is 35.9 Å². The molecular weight excluding hydrogens is 256 g/mol. The highest BCUT2D eigenvalue weighted by atomic mass is 16.4. The Morgan fingerprint density at radius 2 is 1.75 bits per heavy atom. The number of aliphatic carboxylic acids is 1. The van der Waals surface area contributed by atoms with Crippen LogP contribution in [0.2, 0.25) is 0 Å². The van der Waals surface area contributed by atoms with Gasteiger partial charge in [-0.15, -0.1) is 0 Å². The Hall–Kier alpha value is -1.88. The van der Waals surface area contributed by atoms with E-state index in [0.29, 0.717) is 19.4 Å². The summed E-state index contributed by atoms with van der Waals surface area (Å²) in [6, 6.07) is 9.57. The minimum Gasteiger partial charge on any atom is -0.480 e. The monoisotopic (exact) mass is 278 g/mol. The quantitative estimate of drug-likeness (QED) is 0.674. The van der Waals surface area contributed by atoms with Crippen molar-refractivity contribution < 1.29 is 14.7 Å².